The van der Waals surface area contributed by atoms with E-state index in [1.54, 1.807) is 54.6 Å². The molecule has 0 radical (unpaired) electrons. The van der Waals surface area contributed by atoms with E-state index in [4.69, 9.17) is 23.5 Å². The Bertz CT molecular complexity index is 1890. The summed E-state index contributed by atoms with van der Waals surface area (Å²) in [6.07, 6.45) is -17.9. The topological polar surface area (TPSA) is 325 Å². The summed E-state index contributed by atoms with van der Waals surface area (Å²) >= 11 is 0. The highest BCUT2D eigenvalue weighted by Crippen LogP contribution is 2.32. The zero-order valence-corrected chi connectivity index (χ0v) is 31.1. The smallest absolute Gasteiger partial charge is 0.397 e. The van der Waals surface area contributed by atoms with E-state index in [-0.39, 0.29) is 30.8 Å². The van der Waals surface area contributed by atoms with Gasteiger partial charge in [0.2, 0.25) is 5.91 Å². The first-order valence-electron chi connectivity index (χ1n) is 16.9. The molecule has 4 unspecified atom stereocenters. The molecule has 4 rings (SSSR count). The van der Waals surface area contributed by atoms with Gasteiger partial charge in [-0.1, -0.05) is 61.0 Å². The number of unbranched alkanes of at least 4 members (excludes halogenated alkanes) is 2. The van der Waals surface area contributed by atoms with Crippen LogP contribution in [0.2, 0.25) is 0 Å². The van der Waals surface area contributed by atoms with E-state index >= 15 is 0 Å². The van der Waals surface area contributed by atoms with Crippen LogP contribution in [0.4, 0.5) is 0 Å². The molecule has 2 heterocycles. The van der Waals surface area contributed by atoms with Gasteiger partial charge in [0.1, 0.15) is 36.6 Å². The number of Topliss-reactive ketones (excluding diaryl/α,β-unsaturated/α-hetero) is 1. The highest BCUT2D eigenvalue weighted by Gasteiger charge is 2.55. The Kier molecular flexibility index (Phi) is 15.7. The number of ketones is 2. The molecule has 23 heteroatoms. The average Bonchev–Trinajstić information content (AvgIpc) is 3.13. The van der Waals surface area contributed by atoms with Crippen molar-refractivity contribution in [3.8, 4) is 0 Å². The van der Waals surface area contributed by atoms with Crippen molar-refractivity contribution >= 4 is 44.2 Å². The monoisotopic (exact) mass is 835 g/mol. The van der Waals surface area contributed by atoms with Gasteiger partial charge in [0, 0.05) is 36.6 Å². The fourth-order valence-corrected chi connectivity index (χ4v) is 6.85. The maximum absolute atomic E-state index is 12.9. The molecular formula is C33H41NO20S2. The number of carboxylic acid groups (broad SMARTS) is 1. The summed E-state index contributed by atoms with van der Waals surface area (Å²) in [6.45, 7) is -1.19. The van der Waals surface area contributed by atoms with Crippen molar-refractivity contribution in [2.45, 2.75) is 93.5 Å². The van der Waals surface area contributed by atoms with Crippen molar-refractivity contribution in [1.82, 2.24) is 5.32 Å². The number of hydrogen-bond donors (Lipinski definition) is 7. The lowest BCUT2D eigenvalue weighted by Gasteiger charge is -2.46. The molecule has 0 bridgehead atoms. The van der Waals surface area contributed by atoms with E-state index in [0.29, 0.717) is 29.5 Å². The third-order valence-electron chi connectivity index (χ3n) is 8.77. The van der Waals surface area contributed by atoms with E-state index < -0.39 is 101 Å². The summed E-state index contributed by atoms with van der Waals surface area (Å²) in [4.78, 5) is 50.1. The molecule has 0 aliphatic carbocycles. The summed E-state index contributed by atoms with van der Waals surface area (Å²) in [5, 5.41) is 44.6. The van der Waals surface area contributed by atoms with Gasteiger partial charge in [-0.15, -0.1) is 0 Å². The molecule has 2 aromatic carbocycles. The number of hydrogen-bond acceptors (Lipinski definition) is 17. The van der Waals surface area contributed by atoms with Gasteiger partial charge in [-0.25, -0.2) is 13.2 Å². The number of aliphatic hydroxyl groups is 3. The average molecular weight is 836 g/mol. The highest BCUT2D eigenvalue weighted by molar-refractivity contribution is 7.81. The molecule has 0 spiro atoms. The van der Waals surface area contributed by atoms with Crippen molar-refractivity contribution in [3.05, 3.63) is 71.3 Å². The Morgan fingerprint density at radius 1 is 0.750 bits per heavy atom. The number of aliphatic carboxylic acids is 1. The predicted molar refractivity (Wildman–Crippen MR) is 184 cm³/mol. The summed E-state index contributed by atoms with van der Waals surface area (Å²) < 4.78 is 93.9. The van der Waals surface area contributed by atoms with Gasteiger partial charge < -0.3 is 44.7 Å². The van der Waals surface area contributed by atoms with Crippen LogP contribution in [0.15, 0.2) is 54.6 Å². The molecule has 1 amide bonds. The Morgan fingerprint density at radius 3 is 1.95 bits per heavy atom. The summed E-state index contributed by atoms with van der Waals surface area (Å²) in [6, 6.07) is 13.1. The molecule has 2 fully saturated rings. The van der Waals surface area contributed by atoms with Crippen molar-refractivity contribution in [3.63, 3.8) is 0 Å². The summed E-state index contributed by atoms with van der Waals surface area (Å²) in [5.74, 6) is -2.89. The Hall–Kier alpha value is -3.82. The Balaban J connectivity index is 1.37. The summed E-state index contributed by atoms with van der Waals surface area (Å²) in [5.41, 5.74) is 1.32. The fraction of sp³-hybridized carbons (Fsp3) is 0.515. The lowest BCUT2D eigenvalue weighted by Crippen LogP contribution is -2.68. The van der Waals surface area contributed by atoms with Crippen LogP contribution in [0.5, 0.6) is 0 Å². The molecule has 21 nitrogen and oxygen atoms in total. The molecule has 2 aliphatic heterocycles. The maximum atomic E-state index is 12.9. The van der Waals surface area contributed by atoms with Crippen LogP contribution >= 0.6 is 0 Å². The van der Waals surface area contributed by atoms with Crippen LogP contribution in [0.3, 0.4) is 0 Å². The van der Waals surface area contributed by atoms with Gasteiger partial charge in [0.15, 0.2) is 36.4 Å². The Morgan fingerprint density at radius 2 is 1.36 bits per heavy atom. The van der Waals surface area contributed by atoms with Crippen LogP contribution in [-0.2, 0) is 57.7 Å². The zero-order chi connectivity index (χ0) is 41.4. The van der Waals surface area contributed by atoms with Crippen LogP contribution in [0.1, 0.15) is 58.4 Å². The number of carboxylic acids is 1. The first-order chi connectivity index (χ1) is 26.3. The molecule has 0 aromatic heterocycles. The second-order valence-electron chi connectivity index (χ2n) is 12.7. The normalized spacial score (nSPS) is 28.3. The summed E-state index contributed by atoms with van der Waals surface area (Å²) in [7, 11) is -9.66. The third-order valence-corrected chi connectivity index (χ3v) is 9.67. The minimum Gasteiger partial charge on any atom is -0.479 e. The van der Waals surface area contributed by atoms with E-state index in [1.807, 2.05) is 0 Å². The number of carbonyl (C=O) groups is 4. The van der Waals surface area contributed by atoms with Crippen LogP contribution < -0.4 is 5.32 Å². The van der Waals surface area contributed by atoms with Gasteiger partial charge in [-0.3, -0.25) is 23.5 Å². The van der Waals surface area contributed by atoms with Crippen molar-refractivity contribution in [2.75, 3.05) is 13.7 Å². The number of nitrogens with one attached hydrogen (secondary N) is 1. The lowest BCUT2D eigenvalue weighted by molar-refractivity contribution is -0.338. The van der Waals surface area contributed by atoms with Crippen LogP contribution in [0.25, 0.3) is 0 Å². The number of amides is 1. The molecule has 310 valence electrons. The van der Waals surface area contributed by atoms with Crippen molar-refractivity contribution < 1.29 is 92.9 Å². The SMILES string of the molecule is CO[C@H]1C(C(=O)O)O[C@@H](O[C@H]2C(COS(=O)(=O)O)O[C@@H](O)C(NC(=O)CCCCCC(=O)c3ccc(C(=O)c4ccccc4)cc3)[C@H]2O)C(OS(=O)(=O)O)[C@@H]1O. The first-order valence-corrected chi connectivity index (χ1v) is 19.6. The van der Waals surface area contributed by atoms with Gasteiger partial charge in [-0.2, -0.15) is 16.8 Å². The predicted octanol–water partition coefficient (Wildman–Crippen LogP) is -0.808. The maximum Gasteiger partial charge on any atom is 0.397 e. The van der Waals surface area contributed by atoms with Crippen LogP contribution in [0, 0.1) is 0 Å². The molecule has 7 N–H and O–H groups in total. The number of methoxy groups -OCH3 is 1. The molecular weight excluding hydrogens is 794 g/mol. The van der Waals surface area contributed by atoms with Crippen molar-refractivity contribution in [2.24, 2.45) is 0 Å². The molecule has 56 heavy (non-hydrogen) atoms. The minimum absolute atomic E-state index is 0.127. The van der Waals surface area contributed by atoms with E-state index in [0.717, 1.165) is 7.11 Å². The van der Waals surface area contributed by atoms with E-state index in [1.165, 1.54) is 0 Å². The quantitative estimate of drug-likeness (QED) is 0.0517. The number of aliphatic hydroxyl groups excluding tert-OH is 3. The zero-order valence-electron chi connectivity index (χ0n) is 29.4. The highest BCUT2D eigenvalue weighted by atomic mass is 32.3. The minimum atomic E-state index is -5.42. The molecule has 2 aromatic rings. The lowest BCUT2D eigenvalue weighted by atomic mass is 9.95. The first kappa shape index (κ1) is 44.9. The number of benzene rings is 2. The largest absolute Gasteiger partial charge is 0.479 e. The third kappa shape index (κ3) is 12.3. The second-order valence-corrected chi connectivity index (χ2v) is 14.8. The Labute approximate surface area is 320 Å². The van der Waals surface area contributed by atoms with Gasteiger partial charge in [-0.05, 0) is 12.8 Å². The van der Waals surface area contributed by atoms with E-state index in [2.05, 4.69) is 13.7 Å². The molecule has 2 aliphatic rings. The van der Waals surface area contributed by atoms with Gasteiger partial charge in [0.25, 0.3) is 0 Å². The second kappa shape index (κ2) is 19.6. The molecule has 2 saturated heterocycles. The van der Waals surface area contributed by atoms with Crippen molar-refractivity contribution in [1.29, 1.82) is 0 Å². The number of ether oxygens (including phenoxy) is 4. The van der Waals surface area contributed by atoms with Crippen LogP contribution in [-0.4, -0.2) is 145 Å². The molecule has 0 saturated carbocycles. The number of rotatable bonds is 19. The standard InChI is InChI=1S/C33H41NO20S2/c1-49-28-26(39)29(54-56(46,47)48)33(53-30(28)31(40)41)52-27-21(16-50-55(43,44)45)51-32(42)23(25(27)38)34-22(36)11-7-3-6-10-20(35)17-12-14-19(15-13-17)24(37)18-8-4-2-5-9-18/h2,4-5,8-9,12-15,21,23,25-30,32-33,38-39,42H,3,6-7,10-11,16H2,1H3,(H,34,36)(H,40,41)(H,43,44,45)(H,46,47,48)/t21?,23?,25-,26-,27+,28-,29?,30?,32-,33-/m1/s1. The fourth-order valence-electron chi connectivity index (χ4n) is 6.06. The van der Waals surface area contributed by atoms with E-state index in [9.17, 15) is 61.0 Å². The molecule has 10 atom stereocenters. The van der Waals surface area contributed by atoms with Gasteiger partial charge in [0.05, 0.1) is 6.61 Å². The number of carbonyl (C=O) groups excluding carboxylic acids is 3. The van der Waals surface area contributed by atoms with Gasteiger partial charge >= 0.3 is 26.8 Å².